The Labute approximate surface area is 130 Å². The Bertz CT molecular complexity index is 860. The van der Waals surface area contributed by atoms with Crippen LogP contribution in [0.15, 0.2) is 35.2 Å². The lowest BCUT2D eigenvalue weighted by Gasteiger charge is -2.12. The van der Waals surface area contributed by atoms with Gasteiger partial charge in [0.2, 0.25) is 0 Å². The number of nitrogens with zero attached hydrogens (tertiary/aromatic N) is 1. The summed E-state index contributed by atoms with van der Waals surface area (Å²) in [6.45, 7) is 7.46. The minimum absolute atomic E-state index is 0.0515. The van der Waals surface area contributed by atoms with Gasteiger partial charge in [-0.25, -0.2) is 12.4 Å². The number of hydrogen-bond donors (Lipinski definition) is 0. The summed E-state index contributed by atoms with van der Waals surface area (Å²) in [5.41, 5.74) is 2.74. The molecule has 0 unspecified atom stereocenters. The Hall–Kier alpha value is -1.88. The minimum atomic E-state index is -3.75. The summed E-state index contributed by atoms with van der Waals surface area (Å²) in [5, 5.41) is 0. The third-order valence-electron chi connectivity index (χ3n) is 4.61. The number of aromatic nitrogens is 1. The first kappa shape index (κ1) is 15.0. The lowest BCUT2D eigenvalue weighted by atomic mass is 9.96. The molecule has 1 heterocycles. The Morgan fingerprint density at radius 1 is 1.00 bits per heavy atom. The van der Waals surface area contributed by atoms with E-state index in [1.54, 1.807) is 31.2 Å². The maximum atomic E-state index is 13.0. The summed E-state index contributed by atoms with van der Waals surface area (Å²) in [6.07, 6.45) is 0. The van der Waals surface area contributed by atoms with Gasteiger partial charge in [-0.1, -0.05) is 31.5 Å². The average Bonchev–Trinajstić information content (AvgIpc) is 2.91. The third kappa shape index (κ3) is 1.96. The van der Waals surface area contributed by atoms with Crippen LogP contribution in [0.25, 0.3) is 0 Å². The van der Waals surface area contributed by atoms with Gasteiger partial charge < -0.3 is 0 Å². The van der Waals surface area contributed by atoms with Crippen molar-refractivity contribution in [2.45, 2.75) is 38.5 Å². The molecule has 2 aromatic rings. The fourth-order valence-electron chi connectivity index (χ4n) is 3.07. The first-order valence-electron chi connectivity index (χ1n) is 7.34. The fourth-order valence-corrected chi connectivity index (χ4v) is 4.63. The predicted molar refractivity (Wildman–Crippen MR) is 84.8 cm³/mol. The van der Waals surface area contributed by atoms with Crippen LogP contribution in [0.5, 0.6) is 0 Å². The molecule has 1 aromatic heterocycles. The molecule has 0 bridgehead atoms. The number of carbonyl (C=O) groups is 1. The number of ketones is 1. The van der Waals surface area contributed by atoms with Crippen LogP contribution in [0.4, 0.5) is 0 Å². The molecule has 22 heavy (non-hydrogen) atoms. The van der Waals surface area contributed by atoms with Crippen molar-refractivity contribution in [3.63, 3.8) is 0 Å². The molecule has 1 aliphatic carbocycles. The van der Waals surface area contributed by atoms with E-state index in [1.165, 1.54) is 3.97 Å². The van der Waals surface area contributed by atoms with Crippen LogP contribution in [0, 0.1) is 19.8 Å². The second-order valence-corrected chi connectivity index (χ2v) is 7.90. The Morgan fingerprint density at radius 2 is 1.59 bits per heavy atom. The molecule has 1 aliphatic rings. The van der Waals surface area contributed by atoms with Crippen molar-refractivity contribution in [3.05, 3.63) is 52.8 Å². The van der Waals surface area contributed by atoms with Gasteiger partial charge in [-0.3, -0.25) is 4.79 Å². The molecule has 0 saturated heterocycles. The van der Waals surface area contributed by atoms with Gasteiger partial charge in [-0.2, -0.15) is 0 Å². The zero-order valence-electron chi connectivity index (χ0n) is 13.1. The van der Waals surface area contributed by atoms with E-state index < -0.39 is 10.0 Å². The van der Waals surface area contributed by atoms with Gasteiger partial charge in [0.1, 0.15) is 5.69 Å². The quantitative estimate of drug-likeness (QED) is 0.854. The molecule has 0 aliphatic heterocycles. The van der Waals surface area contributed by atoms with Crippen LogP contribution in [0.3, 0.4) is 0 Å². The van der Waals surface area contributed by atoms with Crippen molar-refractivity contribution in [1.82, 2.24) is 3.97 Å². The highest BCUT2D eigenvalue weighted by atomic mass is 32.2. The molecule has 0 amide bonds. The molecule has 1 aromatic carbocycles. The molecule has 0 N–H and O–H groups in total. The number of aryl methyl sites for hydroxylation is 2. The number of fused-ring (bicyclic) bond motifs is 1. The van der Waals surface area contributed by atoms with Gasteiger partial charge in [-0.05, 0) is 43.5 Å². The van der Waals surface area contributed by atoms with Crippen molar-refractivity contribution in [2.75, 3.05) is 0 Å². The maximum absolute atomic E-state index is 13.0. The minimum Gasteiger partial charge on any atom is -0.292 e. The summed E-state index contributed by atoms with van der Waals surface area (Å²) in [4.78, 5) is 12.7. The van der Waals surface area contributed by atoms with Crippen LogP contribution in [0.2, 0.25) is 0 Å². The summed E-state index contributed by atoms with van der Waals surface area (Å²) >= 11 is 0. The Morgan fingerprint density at radius 3 is 2.18 bits per heavy atom. The van der Waals surface area contributed by atoms with Crippen LogP contribution in [-0.2, 0) is 10.0 Å². The van der Waals surface area contributed by atoms with Gasteiger partial charge in [0.15, 0.2) is 5.78 Å². The fraction of sp³-hybridized carbons (Fsp3) is 0.353. The first-order chi connectivity index (χ1) is 10.2. The Balaban J connectivity index is 2.24. The van der Waals surface area contributed by atoms with Crippen LogP contribution in [-0.4, -0.2) is 18.2 Å². The molecule has 0 fully saturated rings. The molecule has 5 heteroatoms. The van der Waals surface area contributed by atoms with Gasteiger partial charge in [0, 0.05) is 11.6 Å². The number of carbonyl (C=O) groups excluding carboxylic acids is 1. The van der Waals surface area contributed by atoms with Crippen molar-refractivity contribution < 1.29 is 13.2 Å². The Kier molecular flexibility index (Phi) is 3.29. The molecule has 0 spiro atoms. The van der Waals surface area contributed by atoms with E-state index in [4.69, 9.17) is 0 Å². The second kappa shape index (κ2) is 4.81. The largest absolute Gasteiger partial charge is 0.292 e. The number of rotatable bonds is 2. The topological polar surface area (TPSA) is 56.1 Å². The molecule has 4 nitrogen and oxygen atoms in total. The number of hydrogen-bond acceptors (Lipinski definition) is 3. The van der Waals surface area contributed by atoms with E-state index in [1.807, 2.05) is 26.8 Å². The van der Waals surface area contributed by atoms with Crippen molar-refractivity contribution >= 4 is 15.8 Å². The van der Waals surface area contributed by atoms with Crippen molar-refractivity contribution in [3.8, 4) is 0 Å². The van der Waals surface area contributed by atoms with E-state index in [2.05, 4.69) is 0 Å². The molecular formula is C17H19NO3S. The highest BCUT2D eigenvalue weighted by Gasteiger charge is 2.40. The van der Waals surface area contributed by atoms with Crippen LogP contribution >= 0.6 is 0 Å². The van der Waals surface area contributed by atoms with Gasteiger partial charge in [0.25, 0.3) is 10.0 Å². The van der Waals surface area contributed by atoms with E-state index in [0.29, 0.717) is 11.4 Å². The molecule has 3 rings (SSSR count). The molecule has 2 atom stereocenters. The molecule has 0 radical (unpaired) electrons. The SMILES string of the molecule is Cc1ccc(S(=O)(=O)n2c(C)cc3c2C(=O)[C@H](C)[C@H]3C)cc1. The lowest BCUT2D eigenvalue weighted by Crippen LogP contribution is -2.20. The predicted octanol–water partition coefficient (Wildman–Crippen LogP) is 3.28. The van der Waals surface area contributed by atoms with Gasteiger partial charge in [-0.15, -0.1) is 0 Å². The van der Waals surface area contributed by atoms with E-state index >= 15 is 0 Å². The zero-order chi connectivity index (χ0) is 16.2. The molecular weight excluding hydrogens is 298 g/mol. The second-order valence-electron chi connectivity index (χ2n) is 6.11. The molecule has 116 valence electrons. The average molecular weight is 317 g/mol. The summed E-state index contributed by atoms with van der Waals surface area (Å²) in [7, 11) is -3.75. The number of Topliss-reactive ketones (excluding diaryl/α,β-unsaturated/α-hetero) is 1. The van der Waals surface area contributed by atoms with Crippen molar-refractivity contribution in [2.24, 2.45) is 5.92 Å². The van der Waals surface area contributed by atoms with E-state index in [0.717, 1.165) is 11.1 Å². The van der Waals surface area contributed by atoms with Crippen LogP contribution < -0.4 is 0 Å². The molecule has 0 saturated carbocycles. The highest BCUT2D eigenvalue weighted by molar-refractivity contribution is 7.90. The first-order valence-corrected chi connectivity index (χ1v) is 8.78. The van der Waals surface area contributed by atoms with Crippen molar-refractivity contribution in [1.29, 1.82) is 0 Å². The monoisotopic (exact) mass is 317 g/mol. The maximum Gasteiger partial charge on any atom is 0.268 e. The third-order valence-corrected chi connectivity index (χ3v) is 6.43. The van der Waals surface area contributed by atoms with E-state index in [9.17, 15) is 13.2 Å². The zero-order valence-corrected chi connectivity index (χ0v) is 13.9. The van der Waals surface area contributed by atoms with Gasteiger partial charge >= 0.3 is 0 Å². The summed E-state index contributed by atoms with van der Waals surface area (Å²) < 4.78 is 27.1. The standard InChI is InChI=1S/C17H19NO3S/c1-10-5-7-14(8-6-10)22(20,21)18-11(2)9-15-12(3)13(4)17(19)16(15)18/h5-9,12-13H,1-4H3/t12-,13-/m1/s1. The summed E-state index contributed by atoms with van der Waals surface area (Å²) in [6, 6.07) is 8.52. The summed E-state index contributed by atoms with van der Waals surface area (Å²) in [5.74, 6) is -0.216. The highest BCUT2D eigenvalue weighted by Crippen LogP contribution is 2.40. The lowest BCUT2D eigenvalue weighted by molar-refractivity contribution is 0.0931. The number of benzene rings is 1. The normalized spacial score (nSPS) is 21.2. The smallest absolute Gasteiger partial charge is 0.268 e. The van der Waals surface area contributed by atoms with Gasteiger partial charge in [0.05, 0.1) is 4.90 Å². The van der Waals surface area contributed by atoms with E-state index in [-0.39, 0.29) is 22.5 Å². The van der Waals surface area contributed by atoms with Crippen LogP contribution in [0.1, 0.15) is 47.1 Å².